The first-order valence-corrected chi connectivity index (χ1v) is 7.00. The van der Waals surface area contributed by atoms with Gasteiger partial charge in [0.05, 0.1) is 0 Å². The summed E-state index contributed by atoms with van der Waals surface area (Å²) in [5.41, 5.74) is 3.58. The van der Waals surface area contributed by atoms with Crippen molar-refractivity contribution in [2.45, 2.75) is 53.9 Å². The van der Waals surface area contributed by atoms with Crippen molar-refractivity contribution in [3.63, 3.8) is 0 Å². The average molecular weight is 249 g/mol. The quantitative estimate of drug-likeness (QED) is 0.842. The molecule has 0 saturated carbocycles. The van der Waals surface area contributed by atoms with Crippen LogP contribution in [0.25, 0.3) is 0 Å². The topological polar surface area (TPSA) is 37.8 Å². The van der Waals surface area contributed by atoms with E-state index in [9.17, 15) is 0 Å². The summed E-state index contributed by atoms with van der Waals surface area (Å²) < 4.78 is 0. The van der Waals surface area contributed by atoms with Crippen LogP contribution in [0.3, 0.4) is 0 Å². The highest BCUT2D eigenvalue weighted by molar-refractivity contribution is 5.28. The molecule has 0 spiro atoms. The van der Waals surface area contributed by atoms with E-state index in [1.165, 1.54) is 5.56 Å². The van der Waals surface area contributed by atoms with Crippen LogP contribution in [-0.4, -0.2) is 23.1 Å². The Hall–Kier alpha value is -0.960. The predicted octanol–water partition coefficient (Wildman–Crippen LogP) is 3.00. The van der Waals surface area contributed by atoms with E-state index in [0.717, 1.165) is 36.7 Å². The maximum Gasteiger partial charge on any atom is 0.128 e. The van der Waals surface area contributed by atoms with Crippen molar-refractivity contribution in [1.82, 2.24) is 15.3 Å². The van der Waals surface area contributed by atoms with Crippen LogP contribution < -0.4 is 5.32 Å². The molecule has 0 aromatic carbocycles. The predicted molar refractivity (Wildman–Crippen MR) is 77.0 cm³/mol. The van der Waals surface area contributed by atoms with E-state index in [1.54, 1.807) is 0 Å². The van der Waals surface area contributed by atoms with Crippen molar-refractivity contribution >= 4 is 0 Å². The highest BCUT2D eigenvalue weighted by Crippen LogP contribution is 2.20. The van der Waals surface area contributed by atoms with Gasteiger partial charge in [-0.2, -0.15) is 0 Å². The molecule has 0 bridgehead atoms. The molecule has 3 nitrogen and oxygen atoms in total. The van der Waals surface area contributed by atoms with Crippen molar-refractivity contribution in [2.75, 3.05) is 13.1 Å². The SMILES string of the molecule is CCc1nc(C)c(C(C)CNCC(C)C)c(C)n1. The summed E-state index contributed by atoms with van der Waals surface area (Å²) >= 11 is 0. The van der Waals surface area contributed by atoms with E-state index >= 15 is 0 Å². The van der Waals surface area contributed by atoms with Gasteiger partial charge in [0, 0.05) is 24.4 Å². The lowest BCUT2D eigenvalue weighted by atomic mass is 9.97. The minimum atomic E-state index is 0.467. The van der Waals surface area contributed by atoms with Crippen LogP contribution >= 0.6 is 0 Å². The van der Waals surface area contributed by atoms with Crippen LogP contribution in [0.1, 0.15) is 56.4 Å². The molecule has 3 heteroatoms. The number of hydrogen-bond donors (Lipinski definition) is 1. The summed E-state index contributed by atoms with van der Waals surface area (Å²) in [6, 6.07) is 0. The van der Waals surface area contributed by atoms with Gasteiger partial charge in [-0.25, -0.2) is 9.97 Å². The number of rotatable bonds is 6. The second kappa shape index (κ2) is 6.83. The minimum Gasteiger partial charge on any atom is -0.316 e. The Morgan fingerprint density at radius 3 is 2.00 bits per heavy atom. The standard InChI is InChI=1S/C15H27N3/c1-7-14-17-12(5)15(13(6)18-14)11(4)9-16-8-10(2)3/h10-11,16H,7-9H2,1-6H3. The van der Waals surface area contributed by atoms with E-state index in [0.29, 0.717) is 11.8 Å². The summed E-state index contributed by atoms with van der Waals surface area (Å²) in [6.07, 6.45) is 0.905. The van der Waals surface area contributed by atoms with Gasteiger partial charge in [0.25, 0.3) is 0 Å². The van der Waals surface area contributed by atoms with E-state index < -0.39 is 0 Å². The Balaban J connectivity index is 2.76. The molecule has 18 heavy (non-hydrogen) atoms. The molecule has 0 saturated heterocycles. The molecular formula is C15H27N3. The summed E-state index contributed by atoms with van der Waals surface area (Å²) in [5.74, 6) is 2.11. The van der Waals surface area contributed by atoms with Crippen LogP contribution in [0.4, 0.5) is 0 Å². The normalized spacial score (nSPS) is 13.1. The van der Waals surface area contributed by atoms with Gasteiger partial charge < -0.3 is 5.32 Å². The molecule has 0 fully saturated rings. The van der Waals surface area contributed by atoms with Crippen molar-refractivity contribution in [3.05, 3.63) is 22.8 Å². The molecule has 0 amide bonds. The Kier molecular flexibility index (Phi) is 5.73. The lowest BCUT2D eigenvalue weighted by Gasteiger charge is -2.18. The molecule has 1 heterocycles. The third kappa shape index (κ3) is 4.05. The molecule has 1 aromatic heterocycles. The van der Waals surface area contributed by atoms with E-state index in [1.807, 2.05) is 0 Å². The van der Waals surface area contributed by atoms with Crippen LogP contribution in [0.15, 0.2) is 0 Å². The van der Waals surface area contributed by atoms with Crippen molar-refractivity contribution in [1.29, 1.82) is 0 Å². The molecule has 0 aliphatic rings. The molecule has 102 valence electrons. The molecule has 1 rings (SSSR count). The summed E-state index contributed by atoms with van der Waals surface area (Å²) in [6.45, 7) is 15.1. The van der Waals surface area contributed by atoms with Gasteiger partial charge in [0.1, 0.15) is 5.82 Å². The molecule has 1 aromatic rings. The van der Waals surface area contributed by atoms with Gasteiger partial charge in [-0.15, -0.1) is 0 Å². The third-order valence-corrected chi connectivity index (χ3v) is 3.19. The van der Waals surface area contributed by atoms with Crippen molar-refractivity contribution in [2.24, 2.45) is 5.92 Å². The third-order valence-electron chi connectivity index (χ3n) is 3.19. The maximum absolute atomic E-state index is 4.58. The van der Waals surface area contributed by atoms with Gasteiger partial charge in [0.15, 0.2) is 0 Å². The van der Waals surface area contributed by atoms with Crippen LogP contribution in [0.2, 0.25) is 0 Å². The second-order valence-corrected chi connectivity index (χ2v) is 5.53. The smallest absolute Gasteiger partial charge is 0.128 e. The average Bonchev–Trinajstić information content (AvgIpc) is 2.27. The Bertz CT molecular complexity index is 362. The lowest BCUT2D eigenvalue weighted by molar-refractivity contribution is 0.525. The van der Waals surface area contributed by atoms with Crippen molar-refractivity contribution < 1.29 is 0 Å². The Morgan fingerprint density at radius 1 is 1.00 bits per heavy atom. The molecule has 0 aliphatic heterocycles. The number of hydrogen-bond acceptors (Lipinski definition) is 3. The molecule has 0 aliphatic carbocycles. The fourth-order valence-corrected chi connectivity index (χ4v) is 2.36. The number of aromatic nitrogens is 2. The lowest BCUT2D eigenvalue weighted by Crippen LogP contribution is -2.25. The van der Waals surface area contributed by atoms with Gasteiger partial charge in [0.2, 0.25) is 0 Å². The van der Waals surface area contributed by atoms with Crippen LogP contribution in [-0.2, 0) is 6.42 Å². The first-order valence-electron chi connectivity index (χ1n) is 7.00. The Labute approximate surface area is 111 Å². The van der Waals surface area contributed by atoms with Crippen molar-refractivity contribution in [3.8, 4) is 0 Å². The monoisotopic (exact) mass is 249 g/mol. The molecule has 1 N–H and O–H groups in total. The number of nitrogens with zero attached hydrogens (tertiary/aromatic N) is 2. The number of aryl methyl sites for hydroxylation is 3. The summed E-state index contributed by atoms with van der Waals surface area (Å²) in [5, 5.41) is 3.51. The first kappa shape index (κ1) is 15.1. The van der Waals surface area contributed by atoms with Gasteiger partial charge in [-0.05, 0) is 37.8 Å². The molecular weight excluding hydrogens is 222 g/mol. The minimum absolute atomic E-state index is 0.467. The zero-order valence-electron chi connectivity index (χ0n) is 12.7. The van der Waals surface area contributed by atoms with E-state index in [4.69, 9.17) is 0 Å². The summed E-state index contributed by atoms with van der Waals surface area (Å²) in [7, 11) is 0. The highest BCUT2D eigenvalue weighted by atomic mass is 14.9. The summed E-state index contributed by atoms with van der Waals surface area (Å²) in [4.78, 5) is 9.16. The molecule has 1 unspecified atom stereocenters. The molecule has 0 radical (unpaired) electrons. The fraction of sp³-hybridized carbons (Fsp3) is 0.733. The Morgan fingerprint density at radius 2 is 1.56 bits per heavy atom. The van der Waals surface area contributed by atoms with Crippen LogP contribution in [0.5, 0.6) is 0 Å². The van der Waals surface area contributed by atoms with Gasteiger partial charge in [-0.3, -0.25) is 0 Å². The van der Waals surface area contributed by atoms with E-state index in [2.05, 4.69) is 56.8 Å². The van der Waals surface area contributed by atoms with Gasteiger partial charge >= 0.3 is 0 Å². The fourth-order valence-electron chi connectivity index (χ4n) is 2.36. The molecule has 1 atom stereocenters. The maximum atomic E-state index is 4.58. The van der Waals surface area contributed by atoms with Gasteiger partial charge in [-0.1, -0.05) is 27.7 Å². The number of nitrogens with one attached hydrogen (secondary N) is 1. The van der Waals surface area contributed by atoms with Crippen LogP contribution in [0, 0.1) is 19.8 Å². The largest absolute Gasteiger partial charge is 0.316 e. The highest BCUT2D eigenvalue weighted by Gasteiger charge is 2.14. The van der Waals surface area contributed by atoms with E-state index in [-0.39, 0.29) is 0 Å². The zero-order valence-corrected chi connectivity index (χ0v) is 12.7. The second-order valence-electron chi connectivity index (χ2n) is 5.53. The first-order chi connectivity index (χ1) is 8.45. The zero-order chi connectivity index (χ0) is 13.7.